The molecule has 2 nitrogen and oxygen atoms in total. The largest absolute Gasteiger partial charge is 0.310 e. The predicted octanol–water partition coefficient (Wildman–Crippen LogP) is 13.7. The van der Waals surface area contributed by atoms with E-state index in [2.05, 4.69) is 180 Å². The third-order valence-electron chi connectivity index (χ3n) is 9.93. The Morgan fingerprint density at radius 1 is 0.380 bits per heavy atom. The molecule has 0 amide bonds. The van der Waals surface area contributed by atoms with Crippen molar-refractivity contribution in [3.05, 3.63) is 182 Å². The van der Waals surface area contributed by atoms with Gasteiger partial charge in [-0.15, -0.1) is 11.3 Å². The van der Waals surface area contributed by atoms with Gasteiger partial charge in [-0.25, -0.2) is 0 Å². The van der Waals surface area contributed by atoms with Crippen molar-refractivity contribution in [1.82, 2.24) is 4.98 Å². The Morgan fingerprint density at radius 2 is 0.960 bits per heavy atom. The molecular weight excluding hydrogens is 625 g/mol. The van der Waals surface area contributed by atoms with Gasteiger partial charge in [0, 0.05) is 49.6 Å². The molecule has 8 aromatic carbocycles. The first-order valence-electron chi connectivity index (χ1n) is 16.9. The van der Waals surface area contributed by atoms with Crippen molar-refractivity contribution in [2.24, 2.45) is 0 Å². The van der Waals surface area contributed by atoms with Crippen LogP contribution in [-0.4, -0.2) is 4.98 Å². The fourth-order valence-corrected chi connectivity index (χ4v) is 8.49. The van der Waals surface area contributed by atoms with Gasteiger partial charge < -0.3 is 4.90 Å². The Hall–Kier alpha value is -6.29. The van der Waals surface area contributed by atoms with Crippen LogP contribution < -0.4 is 4.90 Å². The fourth-order valence-electron chi connectivity index (χ4n) is 7.44. The zero-order valence-corrected chi connectivity index (χ0v) is 27.9. The summed E-state index contributed by atoms with van der Waals surface area (Å²) >= 11 is 1.82. The first kappa shape index (κ1) is 28.7. The van der Waals surface area contributed by atoms with Crippen LogP contribution in [0.25, 0.3) is 74.7 Å². The van der Waals surface area contributed by atoms with Gasteiger partial charge in [-0.3, -0.25) is 4.98 Å². The lowest BCUT2D eigenvalue weighted by atomic mass is 9.94. The monoisotopic (exact) mass is 654 g/mol. The molecule has 2 heterocycles. The molecule has 0 saturated carbocycles. The number of fused-ring (bicyclic) bond motifs is 8. The molecule has 0 N–H and O–H groups in total. The molecule has 234 valence electrons. The van der Waals surface area contributed by atoms with Crippen molar-refractivity contribution in [3.63, 3.8) is 0 Å². The van der Waals surface area contributed by atoms with Crippen LogP contribution in [0, 0.1) is 0 Å². The van der Waals surface area contributed by atoms with Gasteiger partial charge >= 0.3 is 0 Å². The van der Waals surface area contributed by atoms with Gasteiger partial charge in [-0.2, -0.15) is 0 Å². The number of pyridine rings is 1. The van der Waals surface area contributed by atoms with Gasteiger partial charge in [0.1, 0.15) is 0 Å². The number of aromatic nitrogens is 1. The van der Waals surface area contributed by atoms with Crippen molar-refractivity contribution in [2.75, 3.05) is 4.90 Å². The Kier molecular flexibility index (Phi) is 6.71. The van der Waals surface area contributed by atoms with E-state index in [9.17, 15) is 0 Å². The second kappa shape index (κ2) is 11.7. The van der Waals surface area contributed by atoms with Crippen LogP contribution in [0.1, 0.15) is 0 Å². The van der Waals surface area contributed by atoms with Crippen molar-refractivity contribution in [3.8, 4) is 22.3 Å². The Balaban J connectivity index is 1.09. The molecule has 0 aliphatic rings. The second-order valence-electron chi connectivity index (χ2n) is 12.8. The quantitative estimate of drug-likeness (QED) is 0.172. The summed E-state index contributed by atoms with van der Waals surface area (Å²) in [6, 6.07) is 61.9. The third-order valence-corrected chi connectivity index (χ3v) is 11.1. The van der Waals surface area contributed by atoms with Crippen LogP contribution in [0.4, 0.5) is 17.1 Å². The lowest BCUT2D eigenvalue weighted by molar-refractivity contribution is 1.29. The van der Waals surface area contributed by atoms with Gasteiger partial charge in [0.25, 0.3) is 0 Å². The lowest BCUT2D eigenvalue weighted by Gasteiger charge is -2.26. The van der Waals surface area contributed by atoms with Crippen LogP contribution in [0.5, 0.6) is 0 Å². The van der Waals surface area contributed by atoms with Crippen molar-refractivity contribution in [2.45, 2.75) is 0 Å². The van der Waals surface area contributed by atoms with E-state index in [-0.39, 0.29) is 0 Å². The first-order chi connectivity index (χ1) is 24.8. The van der Waals surface area contributed by atoms with E-state index in [0.717, 1.165) is 17.1 Å². The molecule has 0 aliphatic heterocycles. The minimum Gasteiger partial charge on any atom is -0.310 e. The van der Waals surface area contributed by atoms with E-state index in [4.69, 9.17) is 0 Å². The maximum atomic E-state index is 4.45. The smallest absolute Gasteiger partial charge is 0.0468 e. The van der Waals surface area contributed by atoms with Crippen LogP contribution in [0.3, 0.4) is 0 Å². The molecule has 50 heavy (non-hydrogen) atoms. The SMILES string of the molecule is c1ccc(-c2ccc(N(c3ccc(-c4ccc5ccc6ccc7ccccc7c6c5c4)cc3)c3ccc4sc5ccncc5c4c3)cc2)cc1. The number of hydrogen-bond donors (Lipinski definition) is 0. The van der Waals surface area contributed by atoms with E-state index < -0.39 is 0 Å². The van der Waals surface area contributed by atoms with Gasteiger partial charge in [0.2, 0.25) is 0 Å². The summed E-state index contributed by atoms with van der Waals surface area (Å²) in [5.41, 5.74) is 8.15. The van der Waals surface area contributed by atoms with Crippen LogP contribution in [0.15, 0.2) is 182 Å². The highest BCUT2D eigenvalue weighted by molar-refractivity contribution is 7.25. The zero-order valence-electron chi connectivity index (χ0n) is 27.1. The van der Waals surface area contributed by atoms with E-state index >= 15 is 0 Å². The zero-order chi connectivity index (χ0) is 33.0. The number of nitrogens with zero attached hydrogens (tertiary/aromatic N) is 2. The summed E-state index contributed by atoms with van der Waals surface area (Å²) in [6.07, 6.45) is 3.86. The summed E-state index contributed by atoms with van der Waals surface area (Å²) in [5, 5.41) is 10.1. The maximum Gasteiger partial charge on any atom is 0.0468 e. The minimum atomic E-state index is 1.11. The molecule has 3 heteroatoms. The number of rotatable bonds is 5. The summed E-state index contributed by atoms with van der Waals surface area (Å²) in [4.78, 5) is 6.81. The standard InChI is InChI=1S/C47H30N2S/c1-2-6-31(7-3-1)32-16-20-38(21-17-32)49(40-24-25-45-43(29-40)44-30-48-27-26-46(44)50-45)39-22-18-33(19-23-39)37-15-12-35-11-14-36-13-10-34-8-4-5-9-41(34)47(36)42(35)28-37/h1-30H. The molecule has 0 aliphatic carbocycles. The van der Waals surface area contributed by atoms with Gasteiger partial charge in [0.15, 0.2) is 0 Å². The normalized spacial score (nSPS) is 11.6. The highest BCUT2D eigenvalue weighted by Crippen LogP contribution is 2.42. The Morgan fingerprint density at radius 3 is 1.74 bits per heavy atom. The molecule has 10 rings (SSSR count). The van der Waals surface area contributed by atoms with Crippen molar-refractivity contribution < 1.29 is 0 Å². The molecule has 0 saturated heterocycles. The molecule has 0 spiro atoms. The Labute approximate surface area is 294 Å². The second-order valence-corrected chi connectivity index (χ2v) is 13.9. The maximum absolute atomic E-state index is 4.45. The fraction of sp³-hybridized carbons (Fsp3) is 0. The highest BCUT2D eigenvalue weighted by Gasteiger charge is 2.16. The van der Waals surface area contributed by atoms with E-state index in [1.807, 2.05) is 23.7 Å². The molecule has 0 unspecified atom stereocenters. The topological polar surface area (TPSA) is 16.1 Å². The highest BCUT2D eigenvalue weighted by atomic mass is 32.1. The molecule has 10 aromatic rings. The summed E-state index contributed by atoms with van der Waals surface area (Å²) in [5.74, 6) is 0. The average Bonchev–Trinajstić information content (AvgIpc) is 3.56. The van der Waals surface area contributed by atoms with Crippen LogP contribution in [-0.2, 0) is 0 Å². The van der Waals surface area contributed by atoms with Crippen LogP contribution in [0.2, 0.25) is 0 Å². The van der Waals surface area contributed by atoms with E-state index in [1.165, 1.54) is 74.7 Å². The third kappa shape index (κ3) is 4.82. The van der Waals surface area contributed by atoms with E-state index in [0.29, 0.717) is 0 Å². The van der Waals surface area contributed by atoms with E-state index in [1.54, 1.807) is 0 Å². The number of benzene rings is 8. The van der Waals surface area contributed by atoms with Gasteiger partial charge in [-0.1, -0.05) is 115 Å². The van der Waals surface area contributed by atoms with Gasteiger partial charge in [-0.05, 0) is 109 Å². The molecule has 0 radical (unpaired) electrons. The molecule has 0 atom stereocenters. The Bertz CT molecular complexity index is 2850. The molecule has 0 bridgehead atoms. The average molecular weight is 655 g/mol. The van der Waals surface area contributed by atoms with Crippen molar-refractivity contribution in [1.29, 1.82) is 0 Å². The lowest BCUT2D eigenvalue weighted by Crippen LogP contribution is -2.09. The molecule has 0 fully saturated rings. The minimum absolute atomic E-state index is 1.11. The first-order valence-corrected chi connectivity index (χ1v) is 17.8. The van der Waals surface area contributed by atoms with Crippen LogP contribution >= 0.6 is 11.3 Å². The number of anilines is 3. The summed E-state index contributed by atoms with van der Waals surface area (Å²) < 4.78 is 2.52. The summed E-state index contributed by atoms with van der Waals surface area (Å²) in [6.45, 7) is 0. The summed E-state index contributed by atoms with van der Waals surface area (Å²) in [7, 11) is 0. The predicted molar refractivity (Wildman–Crippen MR) is 215 cm³/mol. The van der Waals surface area contributed by atoms with Crippen molar-refractivity contribution >= 4 is 80.9 Å². The molecular formula is C47H30N2S. The molecule has 2 aromatic heterocycles. The number of hydrogen-bond acceptors (Lipinski definition) is 3. The number of thiophene rings is 1. The van der Waals surface area contributed by atoms with Gasteiger partial charge in [0.05, 0.1) is 0 Å².